The molecule has 2 heterocycles. The van der Waals surface area contributed by atoms with Gasteiger partial charge in [-0.25, -0.2) is 0 Å². The molecule has 1 aromatic heterocycles. The van der Waals surface area contributed by atoms with Crippen LogP contribution in [0, 0.1) is 0 Å². The highest BCUT2D eigenvalue weighted by molar-refractivity contribution is 5.91. The van der Waals surface area contributed by atoms with E-state index in [1.54, 1.807) is 19.2 Å². The molecule has 146 valence electrons. The maximum atomic E-state index is 12.2. The van der Waals surface area contributed by atoms with Gasteiger partial charge in [0.05, 0.1) is 12.2 Å². The molecule has 2 unspecified atom stereocenters. The second kappa shape index (κ2) is 9.17. The number of benzene rings is 1. The highest BCUT2D eigenvalue weighted by atomic mass is 16.5. The van der Waals surface area contributed by atoms with Gasteiger partial charge >= 0.3 is 0 Å². The quantitative estimate of drug-likeness (QED) is 0.810. The van der Waals surface area contributed by atoms with Crippen LogP contribution in [-0.2, 0) is 29.2 Å². The third-order valence-electron chi connectivity index (χ3n) is 4.55. The normalized spacial score (nSPS) is 20.6. The van der Waals surface area contributed by atoms with Gasteiger partial charge in [0.2, 0.25) is 0 Å². The van der Waals surface area contributed by atoms with Gasteiger partial charge in [-0.3, -0.25) is 9.69 Å². The van der Waals surface area contributed by atoms with Crippen LogP contribution in [0.5, 0.6) is 0 Å². The zero-order chi connectivity index (χ0) is 19.2. The van der Waals surface area contributed by atoms with Crippen LogP contribution in [0.2, 0.25) is 0 Å². The Morgan fingerprint density at radius 2 is 1.78 bits per heavy atom. The van der Waals surface area contributed by atoms with Crippen LogP contribution in [-0.4, -0.2) is 43.2 Å². The average molecular weight is 372 g/mol. The van der Waals surface area contributed by atoms with Crippen LogP contribution in [0.15, 0.2) is 40.8 Å². The minimum atomic E-state index is -0.224. The van der Waals surface area contributed by atoms with E-state index >= 15 is 0 Å². The Morgan fingerprint density at radius 3 is 2.44 bits per heavy atom. The summed E-state index contributed by atoms with van der Waals surface area (Å²) in [6.45, 7) is 7.88. The summed E-state index contributed by atoms with van der Waals surface area (Å²) in [4.78, 5) is 14.6. The van der Waals surface area contributed by atoms with Crippen molar-refractivity contribution >= 4 is 5.91 Å². The number of hydrogen-bond acceptors (Lipinski definition) is 5. The van der Waals surface area contributed by atoms with Crippen LogP contribution in [0.3, 0.4) is 0 Å². The van der Waals surface area contributed by atoms with Crippen molar-refractivity contribution in [3.05, 3.63) is 59.0 Å². The van der Waals surface area contributed by atoms with E-state index in [1.165, 1.54) is 5.56 Å². The fraction of sp³-hybridized carbons (Fsp3) is 0.476. The summed E-state index contributed by atoms with van der Waals surface area (Å²) < 4.78 is 16.2. The van der Waals surface area contributed by atoms with Gasteiger partial charge in [0.15, 0.2) is 5.76 Å². The number of carbonyl (C=O) groups is 1. The monoisotopic (exact) mass is 372 g/mol. The van der Waals surface area contributed by atoms with Gasteiger partial charge in [0.1, 0.15) is 12.4 Å². The van der Waals surface area contributed by atoms with Gasteiger partial charge in [-0.15, -0.1) is 0 Å². The average Bonchev–Trinajstić information content (AvgIpc) is 3.09. The van der Waals surface area contributed by atoms with Crippen molar-refractivity contribution in [1.82, 2.24) is 10.2 Å². The molecule has 0 aliphatic carbocycles. The molecular weight excluding hydrogens is 344 g/mol. The highest BCUT2D eigenvalue weighted by Crippen LogP contribution is 2.15. The van der Waals surface area contributed by atoms with E-state index in [0.717, 1.165) is 25.2 Å². The number of morpholine rings is 1. The lowest BCUT2D eigenvalue weighted by Crippen LogP contribution is -2.44. The lowest BCUT2D eigenvalue weighted by atomic mass is 10.1. The van der Waals surface area contributed by atoms with Crippen LogP contribution < -0.4 is 5.32 Å². The van der Waals surface area contributed by atoms with Gasteiger partial charge < -0.3 is 19.2 Å². The first-order valence-corrected chi connectivity index (χ1v) is 9.35. The van der Waals surface area contributed by atoms with Crippen molar-refractivity contribution in [2.24, 2.45) is 0 Å². The Kier molecular flexibility index (Phi) is 6.66. The SMILES string of the molecule is COCc1ccc(C(=O)NCc2ccc(CN3CC(C)OC(C)C3)cc2)o1. The topological polar surface area (TPSA) is 63.9 Å². The number of nitrogens with zero attached hydrogens (tertiary/aromatic N) is 1. The molecule has 1 saturated heterocycles. The van der Waals surface area contributed by atoms with E-state index in [9.17, 15) is 4.79 Å². The Bertz CT molecular complexity index is 731. The van der Waals surface area contributed by atoms with Crippen molar-refractivity contribution in [3.8, 4) is 0 Å². The van der Waals surface area contributed by atoms with Crippen molar-refractivity contribution in [2.75, 3.05) is 20.2 Å². The van der Waals surface area contributed by atoms with Crippen LogP contribution in [0.1, 0.15) is 41.3 Å². The first kappa shape index (κ1) is 19.6. The summed E-state index contributed by atoms with van der Waals surface area (Å²) in [5, 5.41) is 2.88. The number of methoxy groups -OCH3 is 1. The largest absolute Gasteiger partial charge is 0.453 e. The molecule has 1 fully saturated rings. The van der Waals surface area contributed by atoms with Crippen molar-refractivity contribution < 1.29 is 18.7 Å². The molecular formula is C21H28N2O4. The Labute approximate surface area is 160 Å². The van der Waals surface area contributed by atoms with E-state index in [-0.39, 0.29) is 18.1 Å². The lowest BCUT2D eigenvalue weighted by Gasteiger charge is -2.35. The summed E-state index contributed by atoms with van der Waals surface area (Å²) in [5.41, 5.74) is 2.32. The zero-order valence-corrected chi connectivity index (χ0v) is 16.2. The highest BCUT2D eigenvalue weighted by Gasteiger charge is 2.21. The second-order valence-corrected chi connectivity index (χ2v) is 7.15. The number of carbonyl (C=O) groups excluding carboxylic acids is 1. The molecule has 1 aliphatic rings. The first-order valence-electron chi connectivity index (χ1n) is 9.35. The molecule has 3 rings (SSSR count). The van der Waals surface area contributed by atoms with Gasteiger partial charge in [0, 0.05) is 33.3 Å². The number of amides is 1. The molecule has 0 bridgehead atoms. The fourth-order valence-electron chi connectivity index (χ4n) is 3.42. The number of ether oxygens (including phenoxy) is 2. The molecule has 1 aliphatic heterocycles. The minimum absolute atomic E-state index is 0.224. The predicted molar refractivity (Wildman–Crippen MR) is 102 cm³/mol. The van der Waals surface area contributed by atoms with Crippen LogP contribution in [0.25, 0.3) is 0 Å². The standard InChI is InChI=1S/C21H28N2O4/c1-15-11-23(12-16(2)26-15)13-18-6-4-17(5-7-18)10-22-21(24)20-9-8-19(27-20)14-25-3/h4-9,15-16H,10-14H2,1-3H3,(H,22,24). The second-order valence-electron chi connectivity index (χ2n) is 7.15. The van der Waals surface area contributed by atoms with Crippen molar-refractivity contribution in [2.45, 2.75) is 45.8 Å². The summed E-state index contributed by atoms with van der Waals surface area (Å²) in [7, 11) is 1.59. The van der Waals surface area contributed by atoms with E-state index in [2.05, 4.69) is 48.3 Å². The van der Waals surface area contributed by atoms with E-state index < -0.39 is 0 Å². The maximum Gasteiger partial charge on any atom is 0.287 e. The maximum absolute atomic E-state index is 12.2. The Hall–Kier alpha value is -2.15. The fourth-order valence-corrected chi connectivity index (χ4v) is 3.42. The molecule has 2 atom stereocenters. The van der Waals surface area contributed by atoms with Gasteiger partial charge in [0.25, 0.3) is 5.91 Å². The summed E-state index contributed by atoms with van der Waals surface area (Å²) in [6.07, 6.45) is 0.545. The summed E-state index contributed by atoms with van der Waals surface area (Å²) >= 11 is 0. The molecule has 1 aromatic carbocycles. The molecule has 0 saturated carbocycles. The van der Waals surface area contributed by atoms with Crippen LogP contribution >= 0.6 is 0 Å². The predicted octanol–water partition coefficient (Wildman–Crippen LogP) is 2.97. The van der Waals surface area contributed by atoms with Crippen molar-refractivity contribution in [3.63, 3.8) is 0 Å². The summed E-state index contributed by atoms with van der Waals surface area (Å²) in [5.74, 6) is 0.714. The molecule has 27 heavy (non-hydrogen) atoms. The molecule has 1 N–H and O–H groups in total. The molecule has 6 heteroatoms. The van der Waals surface area contributed by atoms with E-state index in [1.807, 2.05) is 0 Å². The van der Waals surface area contributed by atoms with Crippen LogP contribution in [0.4, 0.5) is 0 Å². The molecule has 0 spiro atoms. The third kappa shape index (κ3) is 5.66. The number of hydrogen-bond donors (Lipinski definition) is 1. The van der Waals surface area contributed by atoms with Gasteiger partial charge in [-0.05, 0) is 37.1 Å². The number of rotatable bonds is 7. The van der Waals surface area contributed by atoms with E-state index in [0.29, 0.717) is 24.7 Å². The Balaban J connectivity index is 1.49. The summed E-state index contributed by atoms with van der Waals surface area (Å²) in [6, 6.07) is 11.8. The molecule has 6 nitrogen and oxygen atoms in total. The minimum Gasteiger partial charge on any atom is -0.453 e. The van der Waals surface area contributed by atoms with Gasteiger partial charge in [-0.1, -0.05) is 24.3 Å². The first-order chi connectivity index (χ1) is 13.0. The number of furan rings is 1. The van der Waals surface area contributed by atoms with Crippen molar-refractivity contribution in [1.29, 1.82) is 0 Å². The third-order valence-corrected chi connectivity index (χ3v) is 4.55. The number of nitrogens with one attached hydrogen (secondary N) is 1. The van der Waals surface area contributed by atoms with Gasteiger partial charge in [-0.2, -0.15) is 0 Å². The smallest absolute Gasteiger partial charge is 0.287 e. The lowest BCUT2D eigenvalue weighted by molar-refractivity contribution is -0.0704. The Morgan fingerprint density at radius 1 is 1.11 bits per heavy atom. The molecule has 1 amide bonds. The zero-order valence-electron chi connectivity index (χ0n) is 16.2. The molecule has 2 aromatic rings. The molecule has 0 radical (unpaired) electrons. The van der Waals surface area contributed by atoms with E-state index in [4.69, 9.17) is 13.9 Å².